The van der Waals surface area contributed by atoms with Gasteiger partial charge in [0.1, 0.15) is 0 Å². The van der Waals surface area contributed by atoms with Gasteiger partial charge >= 0.3 is 5.69 Å². The van der Waals surface area contributed by atoms with Crippen LogP contribution in [-0.2, 0) is 4.74 Å². The number of nitro groups is 1. The number of nitrogens with zero attached hydrogens (tertiary/aromatic N) is 1. The number of nitro benzene ring substituents is 1. The first-order valence-corrected chi connectivity index (χ1v) is 5.87. The molecule has 92 valence electrons. The standard InChI is InChI=1S/C10H11BrN2O4/c11-6-3-7(8-5-17-2-1-12-8)10(14)9(4-6)13(15)16/h3-4,8,12,14H,1-2,5H2/t8-/m0/s1. The summed E-state index contributed by atoms with van der Waals surface area (Å²) in [6.07, 6.45) is 0. The number of phenolic OH excluding ortho intramolecular Hbond substituents is 1. The highest BCUT2D eigenvalue weighted by Gasteiger charge is 2.25. The van der Waals surface area contributed by atoms with Gasteiger partial charge in [-0.3, -0.25) is 10.1 Å². The molecule has 0 bridgehead atoms. The number of benzene rings is 1. The Hall–Kier alpha value is -1.18. The summed E-state index contributed by atoms with van der Waals surface area (Å²) in [5.41, 5.74) is 0.174. The van der Waals surface area contributed by atoms with Crippen molar-refractivity contribution in [3.63, 3.8) is 0 Å². The zero-order chi connectivity index (χ0) is 12.4. The van der Waals surface area contributed by atoms with Crippen molar-refractivity contribution in [2.75, 3.05) is 19.8 Å². The van der Waals surface area contributed by atoms with Crippen LogP contribution in [-0.4, -0.2) is 29.8 Å². The van der Waals surface area contributed by atoms with E-state index in [-0.39, 0.29) is 17.5 Å². The number of rotatable bonds is 2. The van der Waals surface area contributed by atoms with Gasteiger partial charge in [0, 0.05) is 22.6 Å². The first-order valence-electron chi connectivity index (χ1n) is 5.07. The number of phenols is 1. The van der Waals surface area contributed by atoms with Crippen molar-refractivity contribution < 1.29 is 14.8 Å². The summed E-state index contributed by atoms with van der Waals surface area (Å²) in [6, 6.07) is 2.72. The number of hydrogen-bond donors (Lipinski definition) is 2. The van der Waals surface area contributed by atoms with Crippen LogP contribution in [0.15, 0.2) is 16.6 Å². The third-order valence-electron chi connectivity index (χ3n) is 2.58. The van der Waals surface area contributed by atoms with E-state index in [1.165, 1.54) is 6.07 Å². The Morgan fingerprint density at radius 2 is 2.35 bits per heavy atom. The molecule has 0 saturated carbocycles. The van der Waals surface area contributed by atoms with E-state index in [0.717, 1.165) is 0 Å². The van der Waals surface area contributed by atoms with Gasteiger partial charge in [0.25, 0.3) is 0 Å². The number of morpholine rings is 1. The molecule has 1 aliphatic heterocycles. The second kappa shape index (κ2) is 4.99. The van der Waals surface area contributed by atoms with Gasteiger partial charge in [-0.25, -0.2) is 0 Å². The Kier molecular flexibility index (Phi) is 3.60. The SMILES string of the molecule is O=[N+]([O-])c1cc(Br)cc([C@@H]2COCCN2)c1O. The molecule has 1 aliphatic rings. The minimum absolute atomic E-state index is 0.222. The highest BCUT2D eigenvalue weighted by Crippen LogP contribution is 2.37. The number of aromatic hydroxyl groups is 1. The van der Waals surface area contributed by atoms with E-state index in [0.29, 0.717) is 29.8 Å². The highest BCUT2D eigenvalue weighted by molar-refractivity contribution is 9.10. The van der Waals surface area contributed by atoms with Crippen molar-refractivity contribution in [2.24, 2.45) is 0 Å². The third-order valence-corrected chi connectivity index (χ3v) is 3.04. The second-order valence-electron chi connectivity index (χ2n) is 3.70. The van der Waals surface area contributed by atoms with Crippen LogP contribution in [0, 0.1) is 10.1 Å². The zero-order valence-electron chi connectivity index (χ0n) is 8.85. The van der Waals surface area contributed by atoms with Gasteiger partial charge < -0.3 is 15.2 Å². The Bertz CT molecular complexity index is 446. The van der Waals surface area contributed by atoms with Crippen LogP contribution in [0.2, 0.25) is 0 Å². The molecular formula is C10H11BrN2O4. The number of halogens is 1. The molecule has 0 aliphatic carbocycles. The molecule has 1 heterocycles. The van der Waals surface area contributed by atoms with Gasteiger partial charge in [-0.15, -0.1) is 0 Å². The van der Waals surface area contributed by atoms with E-state index in [1.54, 1.807) is 6.07 Å². The predicted octanol–water partition coefficient (Wildman–Crippen LogP) is 1.72. The van der Waals surface area contributed by atoms with Crippen molar-refractivity contribution in [3.8, 4) is 5.75 Å². The summed E-state index contributed by atoms with van der Waals surface area (Å²) in [6.45, 7) is 1.65. The molecule has 0 spiro atoms. The first kappa shape index (κ1) is 12.3. The van der Waals surface area contributed by atoms with Crippen LogP contribution in [0.5, 0.6) is 5.75 Å². The monoisotopic (exact) mass is 302 g/mol. The molecule has 6 nitrogen and oxygen atoms in total. The van der Waals surface area contributed by atoms with E-state index in [2.05, 4.69) is 21.2 Å². The van der Waals surface area contributed by atoms with Gasteiger partial charge in [-0.05, 0) is 6.07 Å². The van der Waals surface area contributed by atoms with Crippen LogP contribution < -0.4 is 5.32 Å². The van der Waals surface area contributed by atoms with Crippen molar-refractivity contribution in [1.82, 2.24) is 5.32 Å². The lowest BCUT2D eigenvalue weighted by molar-refractivity contribution is -0.386. The van der Waals surface area contributed by atoms with Crippen LogP contribution in [0.1, 0.15) is 11.6 Å². The van der Waals surface area contributed by atoms with Gasteiger partial charge in [0.05, 0.1) is 24.2 Å². The molecule has 0 unspecified atom stereocenters. The molecule has 2 N–H and O–H groups in total. The maximum atomic E-state index is 10.8. The molecule has 7 heteroatoms. The third kappa shape index (κ3) is 2.56. The van der Waals surface area contributed by atoms with Crippen molar-refractivity contribution in [1.29, 1.82) is 0 Å². The Morgan fingerprint density at radius 1 is 1.59 bits per heavy atom. The van der Waals surface area contributed by atoms with Crippen molar-refractivity contribution in [2.45, 2.75) is 6.04 Å². The molecule has 1 atom stereocenters. The van der Waals surface area contributed by atoms with Gasteiger partial charge in [0.2, 0.25) is 0 Å². The molecule has 17 heavy (non-hydrogen) atoms. The van der Waals surface area contributed by atoms with Crippen LogP contribution in [0.25, 0.3) is 0 Å². The topological polar surface area (TPSA) is 84.6 Å². The van der Waals surface area contributed by atoms with Gasteiger partial charge in [0.15, 0.2) is 5.75 Å². The molecule has 0 radical (unpaired) electrons. The molecule has 0 aromatic heterocycles. The maximum Gasteiger partial charge on any atom is 0.312 e. The van der Waals surface area contributed by atoms with E-state index >= 15 is 0 Å². The van der Waals surface area contributed by atoms with E-state index in [9.17, 15) is 15.2 Å². The number of ether oxygens (including phenoxy) is 1. The summed E-state index contributed by atoms with van der Waals surface area (Å²) < 4.78 is 5.83. The Morgan fingerprint density at radius 3 is 2.94 bits per heavy atom. The largest absolute Gasteiger partial charge is 0.502 e. The van der Waals surface area contributed by atoms with Crippen LogP contribution in [0.4, 0.5) is 5.69 Å². The average molecular weight is 303 g/mol. The number of nitrogens with one attached hydrogen (secondary N) is 1. The molecule has 2 rings (SSSR count). The van der Waals surface area contributed by atoms with E-state index in [1.807, 2.05) is 0 Å². The lowest BCUT2D eigenvalue weighted by Crippen LogP contribution is -2.34. The smallest absolute Gasteiger partial charge is 0.312 e. The Balaban J connectivity index is 2.41. The highest BCUT2D eigenvalue weighted by atomic mass is 79.9. The van der Waals surface area contributed by atoms with Crippen LogP contribution >= 0.6 is 15.9 Å². The minimum atomic E-state index is -0.604. The second-order valence-corrected chi connectivity index (χ2v) is 4.62. The van der Waals surface area contributed by atoms with E-state index < -0.39 is 4.92 Å². The fourth-order valence-electron chi connectivity index (χ4n) is 1.78. The normalized spacial score (nSPS) is 20.2. The fourth-order valence-corrected chi connectivity index (χ4v) is 2.24. The van der Waals surface area contributed by atoms with E-state index in [4.69, 9.17) is 4.74 Å². The molecule has 1 saturated heterocycles. The van der Waals surface area contributed by atoms with Crippen molar-refractivity contribution >= 4 is 21.6 Å². The minimum Gasteiger partial charge on any atom is -0.502 e. The maximum absolute atomic E-state index is 10.8. The summed E-state index contributed by atoms with van der Waals surface area (Å²) in [5.74, 6) is -0.304. The molecule has 1 aromatic carbocycles. The van der Waals surface area contributed by atoms with Crippen LogP contribution in [0.3, 0.4) is 0 Å². The first-order chi connectivity index (χ1) is 8.09. The molecule has 1 aromatic rings. The number of hydrogen-bond acceptors (Lipinski definition) is 5. The lowest BCUT2D eigenvalue weighted by Gasteiger charge is -2.24. The van der Waals surface area contributed by atoms with Gasteiger partial charge in [-0.2, -0.15) is 0 Å². The average Bonchev–Trinajstić information content (AvgIpc) is 2.32. The van der Waals surface area contributed by atoms with Crippen molar-refractivity contribution in [3.05, 3.63) is 32.3 Å². The molecule has 0 amide bonds. The quantitative estimate of drug-likeness (QED) is 0.642. The summed E-state index contributed by atoms with van der Waals surface area (Å²) in [4.78, 5) is 10.2. The summed E-state index contributed by atoms with van der Waals surface area (Å²) >= 11 is 3.20. The lowest BCUT2D eigenvalue weighted by atomic mass is 10.0. The molecular weight excluding hydrogens is 292 g/mol. The Labute approximate surface area is 106 Å². The molecule has 1 fully saturated rings. The fraction of sp³-hybridized carbons (Fsp3) is 0.400. The summed E-state index contributed by atoms with van der Waals surface area (Å²) in [7, 11) is 0. The predicted molar refractivity (Wildman–Crippen MR) is 64.0 cm³/mol. The zero-order valence-corrected chi connectivity index (χ0v) is 10.4. The summed E-state index contributed by atoms with van der Waals surface area (Å²) in [5, 5.41) is 23.8. The van der Waals surface area contributed by atoms with Gasteiger partial charge in [-0.1, -0.05) is 15.9 Å².